The molecule has 0 radical (unpaired) electrons. The molecule has 0 aliphatic heterocycles. The Kier molecular flexibility index (Phi) is 6.21. The molecule has 2 aromatic rings. The molecule has 0 fully saturated rings. The Hall–Kier alpha value is -1.85. The standard InChI is InChI=1S/C14H18N4O.ClH/c1-11(15)7-14(19)17-13-8-16-18(10-13)9-12-5-3-2-4-6-12;/h2-6,8,10-11H,7,9,15H2,1H3,(H,17,19);1H. The van der Waals surface area contributed by atoms with Crippen LogP contribution in [0.3, 0.4) is 0 Å². The number of carbonyl (C=O) groups excluding carboxylic acids is 1. The molecule has 2 rings (SSSR count). The Labute approximate surface area is 124 Å². The molecule has 1 aromatic carbocycles. The van der Waals surface area contributed by atoms with Crippen molar-refractivity contribution in [2.75, 3.05) is 5.32 Å². The second kappa shape index (κ2) is 7.67. The third-order valence-electron chi connectivity index (χ3n) is 2.61. The Bertz CT molecular complexity index is 539. The fourth-order valence-corrected chi connectivity index (χ4v) is 1.79. The molecule has 20 heavy (non-hydrogen) atoms. The second-order valence-electron chi connectivity index (χ2n) is 4.64. The van der Waals surface area contributed by atoms with Crippen molar-refractivity contribution in [3.63, 3.8) is 0 Å². The van der Waals surface area contributed by atoms with Crippen LogP contribution in [0, 0.1) is 0 Å². The molecule has 3 N–H and O–H groups in total. The summed E-state index contributed by atoms with van der Waals surface area (Å²) in [4.78, 5) is 11.6. The number of benzene rings is 1. The number of hydrogen-bond donors (Lipinski definition) is 2. The van der Waals surface area contributed by atoms with E-state index in [0.717, 1.165) is 0 Å². The molecular formula is C14H19ClN4O. The average Bonchev–Trinajstić information content (AvgIpc) is 2.76. The van der Waals surface area contributed by atoms with E-state index in [0.29, 0.717) is 18.7 Å². The van der Waals surface area contributed by atoms with E-state index in [1.54, 1.807) is 17.8 Å². The van der Waals surface area contributed by atoms with Crippen molar-refractivity contribution in [3.05, 3.63) is 48.3 Å². The molecule has 108 valence electrons. The summed E-state index contributed by atoms with van der Waals surface area (Å²) in [6, 6.07) is 9.89. The minimum absolute atomic E-state index is 0. The van der Waals surface area contributed by atoms with Gasteiger partial charge in [0.15, 0.2) is 0 Å². The third-order valence-corrected chi connectivity index (χ3v) is 2.61. The Morgan fingerprint density at radius 2 is 2.10 bits per heavy atom. The first-order valence-corrected chi connectivity index (χ1v) is 6.25. The van der Waals surface area contributed by atoms with Gasteiger partial charge in [0, 0.05) is 18.7 Å². The normalized spacial score (nSPS) is 11.5. The van der Waals surface area contributed by atoms with Crippen LogP contribution in [0.15, 0.2) is 42.7 Å². The highest BCUT2D eigenvalue weighted by Gasteiger charge is 2.07. The maximum Gasteiger partial charge on any atom is 0.226 e. The predicted octanol–water partition coefficient (Wildman–Crippen LogP) is 2.03. The fourth-order valence-electron chi connectivity index (χ4n) is 1.79. The van der Waals surface area contributed by atoms with Crippen LogP contribution in [-0.4, -0.2) is 21.7 Å². The summed E-state index contributed by atoms with van der Waals surface area (Å²) in [7, 11) is 0. The van der Waals surface area contributed by atoms with Gasteiger partial charge in [-0.05, 0) is 12.5 Å². The summed E-state index contributed by atoms with van der Waals surface area (Å²) >= 11 is 0. The molecule has 1 heterocycles. The molecule has 0 saturated carbocycles. The molecule has 1 aromatic heterocycles. The Morgan fingerprint density at radius 1 is 1.40 bits per heavy atom. The maximum absolute atomic E-state index is 11.6. The molecule has 0 spiro atoms. The smallest absolute Gasteiger partial charge is 0.226 e. The molecule has 0 saturated heterocycles. The maximum atomic E-state index is 11.6. The van der Waals surface area contributed by atoms with Crippen LogP contribution in [0.4, 0.5) is 5.69 Å². The number of nitrogens with one attached hydrogen (secondary N) is 1. The lowest BCUT2D eigenvalue weighted by molar-refractivity contribution is -0.116. The number of hydrogen-bond acceptors (Lipinski definition) is 3. The van der Waals surface area contributed by atoms with E-state index in [2.05, 4.69) is 10.4 Å². The minimum atomic E-state index is -0.139. The lowest BCUT2D eigenvalue weighted by Crippen LogP contribution is -2.23. The van der Waals surface area contributed by atoms with Crippen LogP contribution in [-0.2, 0) is 11.3 Å². The Morgan fingerprint density at radius 3 is 2.75 bits per heavy atom. The summed E-state index contributed by atoms with van der Waals surface area (Å²) in [5.41, 5.74) is 7.43. The molecule has 0 aliphatic carbocycles. The van der Waals surface area contributed by atoms with Crippen LogP contribution in [0.2, 0.25) is 0 Å². The first kappa shape index (κ1) is 16.2. The van der Waals surface area contributed by atoms with Crippen molar-refractivity contribution < 1.29 is 4.79 Å². The van der Waals surface area contributed by atoms with Crippen LogP contribution < -0.4 is 11.1 Å². The number of halogens is 1. The second-order valence-corrected chi connectivity index (χ2v) is 4.64. The molecule has 5 nitrogen and oxygen atoms in total. The summed E-state index contributed by atoms with van der Waals surface area (Å²) < 4.78 is 1.79. The largest absolute Gasteiger partial charge is 0.327 e. The number of nitrogens with zero attached hydrogens (tertiary/aromatic N) is 2. The molecule has 1 unspecified atom stereocenters. The lowest BCUT2D eigenvalue weighted by atomic mass is 10.2. The highest BCUT2D eigenvalue weighted by atomic mass is 35.5. The van der Waals surface area contributed by atoms with E-state index in [1.807, 2.05) is 36.5 Å². The van der Waals surface area contributed by atoms with E-state index in [4.69, 9.17) is 5.73 Å². The number of anilines is 1. The van der Waals surface area contributed by atoms with Gasteiger partial charge < -0.3 is 11.1 Å². The van der Waals surface area contributed by atoms with Crippen LogP contribution >= 0.6 is 12.4 Å². The van der Waals surface area contributed by atoms with Gasteiger partial charge in [-0.3, -0.25) is 9.48 Å². The number of amides is 1. The van der Waals surface area contributed by atoms with Gasteiger partial charge in [0.2, 0.25) is 5.91 Å². The van der Waals surface area contributed by atoms with E-state index in [-0.39, 0.29) is 24.4 Å². The number of nitrogens with two attached hydrogens (primary N) is 1. The molecule has 6 heteroatoms. The van der Waals surface area contributed by atoms with Gasteiger partial charge >= 0.3 is 0 Å². The van der Waals surface area contributed by atoms with Crippen LogP contribution in [0.25, 0.3) is 0 Å². The van der Waals surface area contributed by atoms with Gasteiger partial charge in [0.1, 0.15) is 0 Å². The Balaban J connectivity index is 0.00000200. The highest BCUT2D eigenvalue weighted by Crippen LogP contribution is 2.08. The highest BCUT2D eigenvalue weighted by molar-refractivity contribution is 5.90. The van der Waals surface area contributed by atoms with Gasteiger partial charge in [-0.15, -0.1) is 12.4 Å². The summed E-state index contributed by atoms with van der Waals surface area (Å²) in [6.07, 6.45) is 3.76. The summed E-state index contributed by atoms with van der Waals surface area (Å²) in [6.45, 7) is 2.49. The zero-order valence-electron chi connectivity index (χ0n) is 11.3. The van der Waals surface area contributed by atoms with Crippen molar-refractivity contribution >= 4 is 24.0 Å². The zero-order chi connectivity index (χ0) is 13.7. The van der Waals surface area contributed by atoms with Crippen molar-refractivity contribution in [1.29, 1.82) is 0 Å². The fraction of sp³-hybridized carbons (Fsp3) is 0.286. The van der Waals surface area contributed by atoms with Crippen LogP contribution in [0.1, 0.15) is 18.9 Å². The number of carbonyl (C=O) groups is 1. The number of rotatable bonds is 5. The molecule has 0 bridgehead atoms. The molecule has 1 atom stereocenters. The topological polar surface area (TPSA) is 72.9 Å². The third kappa shape index (κ3) is 5.03. The van der Waals surface area contributed by atoms with Gasteiger partial charge in [0.25, 0.3) is 0 Å². The van der Waals surface area contributed by atoms with Crippen molar-refractivity contribution in [2.45, 2.75) is 25.9 Å². The average molecular weight is 295 g/mol. The quantitative estimate of drug-likeness (QED) is 0.886. The van der Waals surface area contributed by atoms with Crippen molar-refractivity contribution in [3.8, 4) is 0 Å². The van der Waals surface area contributed by atoms with E-state index in [1.165, 1.54) is 5.56 Å². The minimum Gasteiger partial charge on any atom is -0.327 e. The first-order chi connectivity index (χ1) is 9.13. The predicted molar refractivity (Wildman–Crippen MR) is 81.9 cm³/mol. The van der Waals surface area contributed by atoms with Gasteiger partial charge in [-0.25, -0.2) is 0 Å². The first-order valence-electron chi connectivity index (χ1n) is 6.25. The SMILES string of the molecule is CC(N)CC(=O)Nc1cnn(Cc2ccccc2)c1.Cl. The van der Waals surface area contributed by atoms with Crippen molar-refractivity contribution in [2.24, 2.45) is 5.73 Å². The molecular weight excluding hydrogens is 276 g/mol. The summed E-state index contributed by atoms with van der Waals surface area (Å²) in [5.74, 6) is -0.0886. The number of aromatic nitrogens is 2. The van der Waals surface area contributed by atoms with Crippen molar-refractivity contribution in [1.82, 2.24) is 9.78 Å². The summed E-state index contributed by atoms with van der Waals surface area (Å²) in [5, 5.41) is 6.99. The van der Waals surface area contributed by atoms with Crippen LogP contribution in [0.5, 0.6) is 0 Å². The lowest BCUT2D eigenvalue weighted by Gasteiger charge is -2.04. The van der Waals surface area contributed by atoms with E-state index >= 15 is 0 Å². The van der Waals surface area contributed by atoms with Gasteiger partial charge in [0.05, 0.1) is 18.4 Å². The molecule has 0 aliphatic rings. The zero-order valence-corrected chi connectivity index (χ0v) is 12.1. The monoisotopic (exact) mass is 294 g/mol. The molecule has 1 amide bonds. The van der Waals surface area contributed by atoms with E-state index in [9.17, 15) is 4.79 Å². The van der Waals surface area contributed by atoms with Gasteiger partial charge in [-0.2, -0.15) is 5.10 Å². The van der Waals surface area contributed by atoms with Gasteiger partial charge in [-0.1, -0.05) is 30.3 Å². The van der Waals surface area contributed by atoms with E-state index < -0.39 is 0 Å².